The zero-order valence-corrected chi connectivity index (χ0v) is 15.9. The number of anilines is 1. The molecule has 7 heteroatoms. The van der Waals surface area contributed by atoms with Gasteiger partial charge in [-0.15, -0.1) is 0 Å². The number of nitrogens with zero attached hydrogens (tertiary/aromatic N) is 3. The monoisotopic (exact) mass is 376 g/mol. The number of furan rings is 1. The van der Waals surface area contributed by atoms with Crippen LogP contribution in [-0.2, 0) is 6.54 Å². The number of aromatic nitrogens is 2. The molecule has 0 aliphatic carbocycles. The third-order valence-electron chi connectivity index (χ3n) is 4.59. The number of hydrogen-bond donors (Lipinski definition) is 1. The molecule has 142 valence electrons. The molecule has 2 aromatic carbocycles. The maximum atomic E-state index is 12.7. The SMILES string of the molecule is CCn1c(N/N=C(/C)c2cc3cccc(OC)c3o2)nc2ccccc2c1=O. The third-order valence-corrected chi connectivity index (χ3v) is 4.59. The quantitative estimate of drug-likeness (QED) is 0.420. The first-order valence-corrected chi connectivity index (χ1v) is 8.99. The van der Waals surface area contributed by atoms with Crippen molar-refractivity contribution >= 4 is 33.5 Å². The number of benzene rings is 2. The summed E-state index contributed by atoms with van der Waals surface area (Å²) in [6.07, 6.45) is 0. The van der Waals surface area contributed by atoms with Crippen LogP contribution >= 0.6 is 0 Å². The predicted molar refractivity (Wildman–Crippen MR) is 110 cm³/mol. The van der Waals surface area contributed by atoms with E-state index in [1.54, 1.807) is 17.7 Å². The van der Waals surface area contributed by atoms with E-state index in [1.807, 2.05) is 56.3 Å². The normalized spacial score (nSPS) is 11.9. The molecule has 0 radical (unpaired) electrons. The molecule has 0 unspecified atom stereocenters. The summed E-state index contributed by atoms with van der Waals surface area (Å²) in [6, 6.07) is 14.9. The molecule has 2 heterocycles. The first-order chi connectivity index (χ1) is 13.6. The first-order valence-electron chi connectivity index (χ1n) is 8.99. The van der Waals surface area contributed by atoms with Crippen LogP contribution in [0.5, 0.6) is 5.75 Å². The topological polar surface area (TPSA) is 81.7 Å². The Bertz CT molecular complexity index is 1250. The van der Waals surface area contributed by atoms with Gasteiger partial charge in [0.2, 0.25) is 5.95 Å². The molecule has 0 aliphatic rings. The van der Waals surface area contributed by atoms with E-state index in [0.717, 1.165) is 5.39 Å². The molecule has 0 atom stereocenters. The summed E-state index contributed by atoms with van der Waals surface area (Å²) in [5.74, 6) is 1.66. The fourth-order valence-corrected chi connectivity index (χ4v) is 3.11. The molecule has 7 nitrogen and oxygen atoms in total. The number of nitrogens with one attached hydrogen (secondary N) is 1. The Kier molecular flexibility index (Phi) is 4.57. The number of methoxy groups -OCH3 is 1. The van der Waals surface area contributed by atoms with Gasteiger partial charge in [-0.25, -0.2) is 10.4 Å². The van der Waals surface area contributed by atoms with Crippen molar-refractivity contribution in [1.29, 1.82) is 0 Å². The van der Waals surface area contributed by atoms with Gasteiger partial charge in [0.25, 0.3) is 5.56 Å². The van der Waals surface area contributed by atoms with Gasteiger partial charge in [0.15, 0.2) is 17.1 Å². The molecular formula is C21H20N4O3. The van der Waals surface area contributed by atoms with Gasteiger partial charge in [-0.2, -0.15) is 5.10 Å². The van der Waals surface area contributed by atoms with Gasteiger partial charge in [-0.1, -0.05) is 24.3 Å². The minimum atomic E-state index is -0.100. The van der Waals surface area contributed by atoms with Gasteiger partial charge >= 0.3 is 0 Å². The summed E-state index contributed by atoms with van der Waals surface area (Å²) in [4.78, 5) is 17.2. The highest BCUT2D eigenvalue weighted by Crippen LogP contribution is 2.28. The third kappa shape index (κ3) is 3.00. The Morgan fingerprint density at radius 3 is 2.86 bits per heavy atom. The van der Waals surface area contributed by atoms with E-state index in [2.05, 4.69) is 15.5 Å². The Balaban J connectivity index is 1.72. The van der Waals surface area contributed by atoms with Crippen LogP contribution in [0.15, 0.2) is 62.8 Å². The van der Waals surface area contributed by atoms with E-state index in [-0.39, 0.29) is 5.56 Å². The summed E-state index contributed by atoms with van der Waals surface area (Å²) in [5.41, 5.74) is 4.74. The number of hydrogen-bond acceptors (Lipinski definition) is 6. The van der Waals surface area contributed by atoms with E-state index in [9.17, 15) is 4.79 Å². The van der Waals surface area contributed by atoms with Crippen LogP contribution in [0.3, 0.4) is 0 Å². The average Bonchev–Trinajstić information content (AvgIpc) is 3.16. The Morgan fingerprint density at radius 1 is 1.25 bits per heavy atom. The van der Waals surface area contributed by atoms with Crippen molar-refractivity contribution in [3.8, 4) is 5.75 Å². The highest BCUT2D eigenvalue weighted by molar-refractivity contribution is 6.00. The zero-order chi connectivity index (χ0) is 19.7. The lowest BCUT2D eigenvalue weighted by molar-refractivity contribution is 0.410. The van der Waals surface area contributed by atoms with E-state index in [1.165, 1.54) is 0 Å². The molecule has 0 saturated heterocycles. The van der Waals surface area contributed by atoms with Gasteiger partial charge in [0.05, 0.1) is 18.0 Å². The second kappa shape index (κ2) is 7.19. The van der Waals surface area contributed by atoms with E-state index < -0.39 is 0 Å². The summed E-state index contributed by atoms with van der Waals surface area (Å²) in [7, 11) is 1.61. The molecule has 0 fully saturated rings. The second-order valence-corrected chi connectivity index (χ2v) is 6.30. The van der Waals surface area contributed by atoms with Crippen molar-refractivity contribution in [3.05, 3.63) is 64.6 Å². The highest BCUT2D eigenvalue weighted by Gasteiger charge is 2.12. The predicted octanol–water partition coefficient (Wildman–Crippen LogP) is 4.01. The molecule has 28 heavy (non-hydrogen) atoms. The maximum Gasteiger partial charge on any atom is 0.262 e. The van der Waals surface area contributed by atoms with Gasteiger partial charge in [-0.05, 0) is 38.1 Å². The van der Waals surface area contributed by atoms with Crippen LogP contribution in [0, 0.1) is 0 Å². The zero-order valence-electron chi connectivity index (χ0n) is 15.9. The molecule has 0 bridgehead atoms. The number of ether oxygens (including phenoxy) is 1. The van der Waals surface area contributed by atoms with Gasteiger partial charge in [-0.3, -0.25) is 9.36 Å². The van der Waals surface area contributed by atoms with Crippen LogP contribution in [0.25, 0.3) is 21.9 Å². The lowest BCUT2D eigenvalue weighted by atomic mass is 10.2. The molecular weight excluding hydrogens is 356 g/mol. The lowest BCUT2D eigenvalue weighted by Crippen LogP contribution is -2.23. The van der Waals surface area contributed by atoms with E-state index in [4.69, 9.17) is 9.15 Å². The number of rotatable bonds is 5. The molecule has 2 aromatic heterocycles. The van der Waals surface area contributed by atoms with Crippen LogP contribution in [0.2, 0.25) is 0 Å². The Hall–Kier alpha value is -3.61. The summed E-state index contributed by atoms with van der Waals surface area (Å²) in [6.45, 7) is 4.20. The van der Waals surface area contributed by atoms with E-state index >= 15 is 0 Å². The fourth-order valence-electron chi connectivity index (χ4n) is 3.11. The highest BCUT2D eigenvalue weighted by atomic mass is 16.5. The van der Waals surface area contributed by atoms with Crippen molar-refractivity contribution in [2.24, 2.45) is 5.10 Å². The average molecular weight is 376 g/mol. The van der Waals surface area contributed by atoms with E-state index in [0.29, 0.717) is 46.2 Å². The molecule has 0 spiro atoms. The van der Waals surface area contributed by atoms with Gasteiger partial charge in [0, 0.05) is 11.9 Å². The van der Waals surface area contributed by atoms with Crippen molar-refractivity contribution < 1.29 is 9.15 Å². The van der Waals surface area contributed by atoms with Crippen molar-refractivity contribution in [3.63, 3.8) is 0 Å². The maximum absolute atomic E-state index is 12.7. The first kappa shape index (κ1) is 17.8. The van der Waals surface area contributed by atoms with Gasteiger partial charge in [0.1, 0.15) is 5.71 Å². The van der Waals surface area contributed by atoms with Crippen molar-refractivity contribution in [2.75, 3.05) is 12.5 Å². The lowest BCUT2D eigenvalue weighted by Gasteiger charge is -2.10. The standard InChI is InChI=1S/C21H20N4O3/c1-4-25-20(26)15-9-5-6-10-16(15)22-21(25)24-23-13(2)18-12-14-8-7-11-17(27-3)19(14)28-18/h5-12H,4H2,1-3H3,(H,22,24)/b23-13-. The van der Waals surface area contributed by atoms with Crippen molar-refractivity contribution in [2.45, 2.75) is 20.4 Å². The number of fused-ring (bicyclic) bond motifs is 2. The summed E-state index contributed by atoms with van der Waals surface area (Å²) < 4.78 is 12.8. The molecule has 0 aliphatic heterocycles. The summed E-state index contributed by atoms with van der Waals surface area (Å²) >= 11 is 0. The van der Waals surface area contributed by atoms with Crippen LogP contribution in [-0.4, -0.2) is 22.4 Å². The molecule has 4 aromatic rings. The van der Waals surface area contributed by atoms with Crippen LogP contribution < -0.4 is 15.7 Å². The fraction of sp³-hybridized carbons (Fsp3) is 0.190. The smallest absolute Gasteiger partial charge is 0.262 e. The minimum Gasteiger partial charge on any atom is -0.493 e. The van der Waals surface area contributed by atoms with Crippen LogP contribution in [0.4, 0.5) is 5.95 Å². The Labute approximate surface area is 161 Å². The van der Waals surface area contributed by atoms with Gasteiger partial charge < -0.3 is 9.15 Å². The van der Waals surface area contributed by atoms with Crippen molar-refractivity contribution in [1.82, 2.24) is 9.55 Å². The Morgan fingerprint density at radius 2 is 2.07 bits per heavy atom. The number of para-hydroxylation sites is 2. The summed E-state index contributed by atoms with van der Waals surface area (Å²) in [5, 5.41) is 5.89. The molecule has 0 amide bonds. The molecule has 0 saturated carbocycles. The van der Waals surface area contributed by atoms with Crippen LogP contribution in [0.1, 0.15) is 19.6 Å². The molecule has 4 rings (SSSR count). The largest absolute Gasteiger partial charge is 0.493 e. The minimum absolute atomic E-state index is 0.100. The molecule has 1 N–H and O–H groups in total. The second-order valence-electron chi connectivity index (χ2n) is 6.30. The number of hydrazone groups is 1.